The highest BCUT2D eigenvalue weighted by Crippen LogP contribution is 2.23. The molecule has 0 bridgehead atoms. The highest BCUT2D eigenvalue weighted by Gasteiger charge is 2.12. The van der Waals surface area contributed by atoms with E-state index in [2.05, 4.69) is 4.98 Å². The third-order valence-corrected chi connectivity index (χ3v) is 2.86. The van der Waals surface area contributed by atoms with Crippen molar-refractivity contribution in [3.8, 4) is 0 Å². The largest absolute Gasteiger partial charge is 0.320 e. The maximum atomic E-state index is 13.2. The lowest BCUT2D eigenvalue weighted by Gasteiger charge is -2.15. The fourth-order valence-electron chi connectivity index (χ4n) is 1.89. The molecule has 0 saturated carbocycles. The van der Waals surface area contributed by atoms with Gasteiger partial charge in [0.05, 0.1) is 6.04 Å². The number of rotatable bonds is 2. The first kappa shape index (κ1) is 11.7. The van der Waals surface area contributed by atoms with Gasteiger partial charge in [0.1, 0.15) is 5.82 Å². The number of halogens is 1. The Labute approximate surface area is 100 Å². The summed E-state index contributed by atoms with van der Waals surface area (Å²) in [5.74, 6) is -0.258. The Bertz CT molecular complexity index is 537. The SMILES string of the molecule is Cc1cc(C(N)c2cc(F)ccc2C)ccn1. The van der Waals surface area contributed by atoms with Gasteiger partial charge in [-0.2, -0.15) is 0 Å². The number of nitrogens with two attached hydrogens (primary N) is 1. The quantitative estimate of drug-likeness (QED) is 0.861. The minimum atomic E-state index is -0.313. The fraction of sp³-hybridized carbons (Fsp3) is 0.214. The summed E-state index contributed by atoms with van der Waals surface area (Å²) >= 11 is 0. The molecule has 2 nitrogen and oxygen atoms in total. The molecule has 17 heavy (non-hydrogen) atoms. The van der Waals surface area contributed by atoms with E-state index in [0.29, 0.717) is 0 Å². The zero-order valence-corrected chi connectivity index (χ0v) is 9.94. The predicted octanol–water partition coefficient (Wildman–Crippen LogP) is 2.89. The Balaban J connectivity index is 2.43. The zero-order valence-electron chi connectivity index (χ0n) is 9.94. The molecule has 3 heteroatoms. The van der Waals surface area contributed by atoms with Crippen LogP contribution in [0.5, 0.6) is 0 Å². The minimum absolute atomic E-state index is 0.258. The summed E-state index contributed by atoms with van der Waals surface area (Å²) in [5, 5.41) is 0. The summed E-state index contributed by atoms with van der Waals surface area (Å²) in [7, 11) is 0. The van der Waals surface area contributed by atoms with Crippen molar-refractivity contribution < 1.29 is 4.39 Å². The molecule has 2 rings (SSSR count). The minimum Gasteiger partial charge on any atom is -0.320 e. The lowest BCUT2D eigenvalue weighted by atomic mass is 9.96. The Morgan fingerprint density at radius 1 is 1.18 bits per heavy atom. The zero-order chi connectivity index (χ0) is 12.4. The van der Waals surface area contributed by atoms with Crippen LogP contribution in [0.2, 0.25) is 0 Å². The highest BCUT2D eigenvalue weighted by molar-refractivity contribution is 5.36. The molecule has 1 heterocycles. The summed E-state index contributed by atoms with van der Waals surface area (Å²) in [6.07, 6.45) is 1.72. The first-order chi connectivity index (χ1) is 8.08. The molecule has 1 atom stereocenters. The van der Waals surface area contributed by atoms with E-state index >= 15 is 0 Å². The van der Waals surface area contributed by atoms with Crippen molar-refractivity contribution in [2.24, 2.45) is 5.73 Å². The molecule has 2 aromatic rings. The summed E-state index contributed by atoms with van der Waals surface area (Å²) < 4.78 is 13.2. The van der Waals surface area contributed by atoms with Crippen molar-refractivity contribution in [3.05, 3.63) is 64.7 Å². The summed E-state index contributed by atoms with van der Waals surface area (Å²) in [6, 6.07) is 8.17. The van der Waals surface area contributed by atoms with Crippen molar-refractivity contribution in [3.63, 3.8) is 0 Å². The Kier molecular flexibility index (Phi) is 3.20. The molecule has 0 fully saturated rings. The number of aryl methyl sites for hydroxylation is 2. The van der Waals surface area contributed by atoms with Gasteiger partial charge in [-0.3, -0.25) is 4.98 Å². The molecule has 0 amide bonds. The maximum absolute atomic E-state index is 13.2. The van der Waals surface area contributed by atoms with Gasteiger partial charge in [-0.15, -0.1) is 0 Å². The number of hydrogen-bond donors (Lipinski definition) is 1. The molecule has 2 N–H and O–H groups in total. The average molecular weight is 230 g/mol. The molecule has 0 aliphatic heterocycles. The van der Waals surface area contributed by atoms with E-state index in [1.807, 2.05) is 26.0 Å². The van der Waals surface area contributed by atoms with E-state index in [4.69, 9.17) is 5.73 Å². The normalized spacial score (nSPS) is 12.5. The van der Waals surface area contributed by atoms with Gasteiger partial charge in [-0.25, -0.2) is 4.39 Å². The van der Waals surface area contributed by atoms with E-state index in [1.165, 1.54) is 12.1 Å². The number of nitrogens with zero attached hydrogens (tertiary/aromatic N) is 1. The molecule has 0 saturated heterocycles. The van der Waals surface area contributed by atoms with Crippen LogP contribution in [-0.4, -0.2) is 4.98 Å². The van der Waals surface area contributed by atoms with Crippen LogP contribution < -0.4 is 5.73 Å². The van der Waals surface area contributed by atoms with Crippen LogP contribution in [0.1, 0.15) is 28.4 Å². The molecule has 0 spiro atoms. The topological polar surface area (TPSA) is 38.9 Å². The second kappa shape index (κ2) is 4.63. The fourth-order valence-corrected chi connectivity index (χ4v) is 1.89. The van der Waals surface area contributed by atoms with Crippen LogP contribution in [-0.2, 0) is 0 Å². The van der Waals surface area contributed by atoms with Crippen LogP contribution in [0, 0.1) is 19.7 Å². The second-order valence-corrected chi connectivity index (χ2v) is 4.21. The van der Waals surface area contributed by atoms with Crippen LogP contribution in [0.25, 0.3) is 0 Å². The summed E-state index contributed by atoms with van der Waals surface area (Å²) in [6.45, 7) is 3.84. The maximum Gasteiger partial charge on any atom is 0.123 e. The lowest BCUT2D eigenvalue weighted by molar-refractivity contribution is 0.622. The van der Waals surface area contributed by atoms with Gasteiger partial charge in [0, 0.05) is 11.9 Å². The van der Waals surface area contributed by atoms with E-state index < -0.39 is 0 Å². The van der Waals surface area contributed by atoms with E-state index in [0.717, 1.165) is 22.4 Å². The third kappa shape index (κ3) is 2.50. The third-order valence-electron chi connectivity index (χ3n) is 2.86. The molecule has 1 aromatic heterocycles. The van der Waals surface area contributed by atoms with Gasteiger partial charge >= 0.3 is 0 Å². The molecule has 1 aromatic carbocycles. The van der Waals surface area contributed by atoms with Crippen molar-refractivity contribution in [1.29, 1.82) is 0 Å². The number of pyridine rings is 1. The molecule has 1 unspecified atom stereocenters. The Morgan fingerprint density at radius 2 is 1.94 bits per heavy atom. The average Bonchev–Trinajstić information content (AvgIpc) is 2.31. The van der Waals surface area contributed by atoms with Gasteiger partial charge in [0.25, 0.3) is 0 Å². The summed E-state index contributed by atoms with van der Waals surface area (Å²) in [4.78, 5) is 4.13. The lowest BCUT2D eigenvalue weighted by Crippen LogP contribution is -2.14. The van der Waals surface area contributed by atoms with Crippen LogP contribution >= 0.6 is 0 Å². The van der Waals surface area contributed by atoms with Crippen molar-refractivity contribution in [1.82, 2.24) is 4.98 Å². The number of aromatic nitrogens is 1. The summed E-state index contributed by atoms with van der Waals surface area (Å²) in [5.41, 5.74) is 9.83. The van der Waals surface area contributed by atoms with Crippen LogP contribution in [0.15, 0.2) is 36.5 Å². The first-order valence-electron chi connectivity index (χ1n) is 5.52. The molecular weight excluding hydrogens is 215 g/mol. The Morgan fingerprint density at radius 3 is 2.65 bits per heavy atom. The monoisotopic (exact) mass is 230 g/mol. The van der Waals surface area contributed by atoms with Crippen LogP contribution in [0.4, 0.5) is 4.39 Å². The Hall–Kier alpha value is -1.74. The molecule has 0 radical (unpaired) electrons. The van der Waals surface area contributed by atoms with Gasteiger partial charge in [-0.1, -0.05) is 6.07 Å². The highest BCUT2D eigenvalue weighted by atomic mass is 19.1. The van der Waals surface area contributed by atoms with Gasteiger partial charge in [-0.05, 0) is 54.8 Å². The molecule has 0 aliphatic carbocycles. The van der Waals surface area contributed by atoms with Gasteiger partial charge in [0.15, 0.2) is 0 Å². The second-order valence-electron chi connectivity index (χ2n) is 4.21. The standard InChI is InChI=1S/C14H15FN2/c1-9-3-4-12(15)8-13(9)14(16)11-5-6-17-10(2)7-11/h3-8,14H,16H2,1-2H3. The van der Waals surface area contributed by atoms with Gasteiger partial charge < -0.3 is 5.73 Å². The molecular formula is C14H15FN2. The van der Waals surface area contributed by atoms with E-state index in [1.54, 1.807) is 12.3 Å². The number of benzene rings is 1. The van der Waals surface area contributed by atoms with Crippen molar-refractivity contribution >= 4 is 0 Å². The smallest absolute Gasteiger partial charge is 0.123 e. The van der Waals surface area contributed by atoms with E-state index in [-0.39, 0.29) is 11.9 Å². The predicted molar refractivity (Wildman–Crippen MR) is 66.1 cm³/mol. The molecule has 88 valence electrons. The first-order valence-corrected chi connectivity index (χ1v) is 5.52. The van der Waals surface area contributed by atoms with Gasteiger partial charge in [0.2, 0.25) is 0 Å². The van der Waals surface area contributed by atoms with Crippen molar-refractivity contribution in [2.45, 2.75) is 19.9 Å². The van der Waals surface area contributed by atoms with Crippen LogP contribution in [0.3, 0.4) is 0 Å². The molecule has 0 aliphatic rings. The van der Waals surface area contributed by atoms with E-state index in [9.17, 15) is 4.39 Å². The van der Waals surface area contributed by atoms with Crippen molar-refractivity contribution in [2.75, 3.05) is 0 Å². The number of hydrogen-bond acceptors (Lipinski definition) is 2.